The Morgan fingerprint density at radius 3 is 2.49 bits per heavy atom. The number of nitriles is 1. The van der Waals surface area contributed by atoms with Gasteiger partial charge in [0.25, 0.3) is 10.0 Å². The summed E-state index contributed by atoms with van der Waals surface area (Å²) in [6, 6.07) is 20.6. The fourth-order valence-electron chi connectivity index (χ4n) is 4.25. The monoisotopic (exact) mass is 568 g/mol. The minimum atomic E-state index is -4.05. The van der Waals surface area contributed by atoms with Crippen LogP contribution < -0.4 is 9.04 Å². The summed E-state index contributed by atoms with van der Waals surface area (Å²) < 4.78 is 40.3. The Labute approximate surface area is 236 Å². The van der Waals surface area contributed by atoms with Gasteiger partial charge in [0, 0.05) is 24.9 Å². The lowest BCUT2D eigenvalue weighted by atomic mass is 10.1. The summed E-state index contributed by atoms with van der Waals surface area (Å²) in [4.78, 5) is 11.9. The van der Waals surface area contributed by atoms with Gasteiger partial charge in [0.2, 0.25) is 0 Å². The molecule has 1 atom stereocenters. The number of hydrogen-bond acceptors (Lipinski definition) is 6. The van der Waals surface area contributed by atoms with E-state index in [0.717, 1.165) is 11.1 Å². The summed E-state index contributed by atoms with van der Waals surface area (Å²) in [6.45, 7) is 6.12. The van der Waals surface area contributed by atoms with E-state index in [0.29, 0.717) is 49.5 Å². The maximum Gasteiger partial charge on any atom is 0.305 e. The molecule has 0 heterocycles. The molecule has 0 fully saturated rings. The average Bonchev–Trinajstić information content (AvgIpc) is 2.89. The molecule has 0 aliphatic carbocycles. The van der Waals surface area contributed by atoms with E-state index in [1.54, 1.807) is 49.4 Å². The van der Waals surface area contributed by atoms with Crippen molar-refractivity contribution in [1.82, 2.24) is 0 Å². The van der Waals surface area contributed by atoms with E-state index in [4.69, 9.17) is 26.3 Å². The van der Waals surface area contributed by atoms with Gasteiger partial charge in [-0.2, -0.15) is 5.26 Å². The van der Waals surface area contributed by atoms with Crippen LogP contribution in [0.5, 0.6) is 5.75 Å². The minimum absolute atomic E-state index is 0.00806. The van der Waals surface area contributed by atoms with Crippen LogP contribution in [0.2, 0.25) is 5.02 Å². The first-order chi connectivity index (χ1) is 18.6. The Morgan fingerprint density at radius 1 is 1.10 bits per heavy atom. The highest BCUT2D eigenvalue weighted by atomic mass is 35.5. The largest absolute Gasteiger partial charge is 0.493 e. The third kappa shape index (κ3) is 8.22. The second-order valence-corrected chi connectivity index (χ2v) is 11.4. The molecule has 206 valence electrons. The molecule has 1 unspecified atom stereocenters. The van der Waals surface area contributed by atoms with Gasteiger partial charge < -0.3 is 9.47 Å². The summed E-state index contributed by atoms with van der Waals surface area (Å²) in [6.07, 6.45) is 1.73. The maximum atomic E-state index is 14.0. The molecule has 3 rings (SSSR count). The molecule has 7 nitrogen and oxygen atoms in total. The van der Waals surface area contributed by atoms with Crippen molar-refractivity contribution in [2.75, 3.05) is 17.5 Å². The van der Waals surface area contributed by atoms with E-state index >= 15 is 0 Å². The molecule has 0 saturated carbocycles. The Balaban J connectivity index is 1.87. The van der Waals surface area contributed by atoms with Crippen LogP contribution in [0.25, 0.3) is 0 Å². The lowest BCUT2D eigenvalue weighted by Gasteiger charge is -2.31. The Bertz CT molecular complexity index is 1420. The van der Waals surface area contributed by atoms with Crippen molar-refractivity contribution in [2.24, 2.45) is 0 Å². The highest BCUT2D eigenvalue weighted by molar-refractivity contribution is 7.93. The van der Waals surface area contributed by atoms with Gasteiger partial charge in [-0.25, -0.2) is 8.42 Å². The normalized spacial score (nSPS) is 11.9. The van der Waals surface area contributed by atoms with Crippen molar-refractivity contribution in [3.05, 3.63) is 88.4 Å². The fraction of sp³-hybridized carbons (Fsp3) is 0.333. The Kier molecular flexibility index (Phi) is 10.8. The number of rotatable bonds is 13. The van der Waals surface area contributed by atoms with Crippen LogP contribution in [0.4, 0.5) is 5.69 Å². The first-order valence-corrected chi connectivity index (χ1v) is 14.7. The molecule has 0 radical (unpaired) electrons. The highest BCUT2D eigenvalue weighted by Crippen LogP contribution is 2.34. The molecule has 0 aliphatic heterocycles. The van der Waals surface area contributed by atoms with Gasteiger partial charge in [-0.15, -0.1) is 0 Å². The quantitative estimate of drug-likeness (QED) is 0.220. The molecule has 0 aromatic heterocycles. The van der Waals surface area contributed by atoms with Crippen LogP contribution in [-0.4, -0.2) is 33.6 Å². The topological polar surface area (TPSA) is 96.7 Å². The molecule has 39 heavy (non-hydrogen) atoms. The zero-order valence-corrected chi connectivity index (χ0v) is 24.0. The van der Waals surface area contributed by atoms with E-state index in [1.807, 2.05) is 32.0 Å². The Morgan fingerprint density at radius 2 is 1.82 bits per heavy atom. The van der Waals surface area contributed by atoms with Gasteiger partial charge in [-0.05, 0) is 81.1 Å². The predicted octanol–water partition coefficient (Wildman–Crippen LogP) is 6.46. The van der Waals surface area contributed by atoms with Gasteiger partial charge in [-0.3, -0.25) is 9.10 Å². The average molecular weight is 569 g/mol. The van der Waals surface area contributed by atoms with Crippen molar-refractivity contribution in [3.63, 3.8) is 0 Å². The van der Waals surface area contributed by atoms with E-state index in [-0.39, 0.29) is 22.3 Å². The van der Waals surface area contributed by atoms with Gasteiger partial charge in [0.15, 0.2) is 0 Å². The summed E-state index contributed by atoms with van der Waals surface area (Å²) in [5, 5.41) is 9.11. The Hall–Kier alpha value is -3.54. The van der Waals surface area contributed by atoms with E-state index in [9.17, 15) is 13.2 Å². The first kappa shape index (κ1) is 30.0. The lowest BCUT2D eigenvalue weighted by Crippen LogP contribution is -2.39. The van der Waals surface area contributed by atoms with Crippen LogP contribution in [0, 0.1) is 18.3 Å². The van der Waals surface area contributed by atoms with E-state index < -0.39 is 16.1 Å². The van der Waals surface area contributed by atoms with Gasteiger partial charge in [0.05, 0.1) is 35.6 Å². The summed E-state index contributed by atoms with van der Waals surface area (Å²) in [5.41, 5.74) is 2.91. The smallest absolute Gasteiger partial charge is 0.305 e. The van der Waals surface area contributed by atoms with Crippen LogP contribution in [0.3, 0.4) is 0 Å². The molecule has 0 aliphatic rings. The number of sulfonamides is 1. The third-order valence-corrected chi connectivity index (χ3v) is 8.56. The lowest BCUT2D eigenvalue weighted by molar-refractivity contribution is -0.143. The first-order valence-electron chi connectivity index (χ1n) is 12.8. The van der Waals surface area contributed by atoms with Crippen molar-refractivity contribution < 1.29 is 22.7 Å². The predicted molar refractivity (Wildman–Crippen MR) is 153 cm³/mol. The number of carbonyl (C=O) groups excluding carboxylic acids is 1. The molecule has 0 saturated heterocycles. The van der Waals surface area contributed by atoms with Crippen LogP contribution in [-0.2, 0) is 26.0 Å². The number of benzene rings is 3. The molecular weight excluding hydrogens is 536 g/mol. The summed E-state index contributed by atoms with van der Waals surface area (Å²) >= 11 is 6.32. The second kappa shape index (κ2) is 14.0. The number of esters is 1. The standard InChI is InChI=1S/C30H33ClN2O5S/c1-4-37-30(34)11-7-8-23(3)33(39(35,36)29-10-6-5-9-28(29)31)26-18-22(2)19-27(20-26)38-17-16-24-12-14-25(21-32)15-13-24/h5-6,9-10,12-15,18-20,23H,4,7-8,11,16-17H2,1-3H3. The highest BCUT2D eigenvalue weighted by Gasteiger charge is 2.31. The van der Waals surface area contributed by atoms with E-state index in [1.165, 1.54) is 10.4 Å². The molecular formula is C30H33ClN2O5S. The van der Waals surface area contributed by atoms with Crippen molar-refractivity contribution in [3.8, 4) is 11.8 Å². The van der Waals surface area contributed by atoms with Gasteiger partial charge in [0.1, 0.15) is 10.6 Å². The third-order valence-electron chi connectivity index (χ3n) is 6.11. The second-order valence-electron chi connectivity index (χ2n) is 9.19. The SMILES string of the molecule is CCOC(=O)CCCC(C)N(c1cc(C)cc(OCCc2ccc(C#N)cc2)c1)S(=O)(=O)c1ccccc1Cl. The molecule has 3 aromatic carbocycles. The van der Waals surface area contributed by atoms with Gasteiger partial charge >= 0.3 is 5.97 Å². The number of carbonyl (C=O) groups is 1. The summed E-state index contributed by atoms with van der Waals surface area (Å²) in [5.74, 6) is 0.232. The van der Waals surface area contributed by atoms with Crippen molar-refractivity contribution >= 4 is 33.3 Å². The molecule has 0 amide bonds. The zero-order chi connectivity index (χ0) is 28.4. The number of aryl methyl sites for hydroxylation is 1. The van der Waals surface area contributed by atoms with Crippen LogP contribution in [0.15, 0.2) is 71.6 Å². The zero-order valence-electron chi connectivity index (χ0n) is 22.4. The summed E-state index contributed by atoms with van der Waals surface area (Å²) in [7, 11) is -4.05. The number of nitrogens with zero attached hydrogens (tertiary/aromatic N) is 2. The molecule has 0 bridgehead atoms. The molecule has 9 heteroatoms. The van der Waals surface area contributed by atoms with Crippen LogP contribution in [0.1, 0.15) is 49.8 Å². The van der Waals surface area contributed by atoms with Crippen LogP contribution >= 0.6 is 11.6 Å². The molecule has 0 N–H and O–H groups in total. The minimum Gasteiger partial charge on any atom is -0.493 e. The van der Waals surface area contributed by atoms with Gasteiger partial charge in [-0.1, -0.05) is 35.9 Å². The molecule has 3 aromatic rings. The maximum absolute atomic E-state index is 14.0. The van der Waals surface area contributed by atoms with Crippen molar-refractivity contribution in [1.29, 1.82) is 5.26 Å². The van der Waals surface area contributed by atoms with Crippen molar-refractivity contribution in [2.45, 2.75) is 57.4 Å². The number of halogens is 1. The number of hydrogen-bond donors (Lipinski definition) is 0. The molecule has 0 spiro atoms. The fourth-order valence-corrected chi connectivity index (χ4v) is 6.42. The van der Waals surface area contributed by atoms with E-state index in [2.05, 4.69) is 6.07 Å². The number of anilines is 1. The number of ether oxygens (including phenoxy) is 2.